The van der Waals surface area contributed by atoms with Crippen molar-refractivity contribution in [1.82, 2.24) is 0 Å². The maximum Gasteiger partial charge on any atom is 0.146 e. The van der Waals surface area contributed by atoms with E-state index in [1.807, 2.05) is 0 Å². The first-order valence-corrected chi connectivity index (χ1v) is 10.3. The van der Waals surface area contributed by atoms with Gasteiger partial charge in [-0.3, -0.25) is 0 Å². The average Bonchev–Trinajstić information content (AvgIpc) is 2.82. The van der Waals surface area contributed by atoms with Gasteiger partial charge >= 0.3 is 0 Å². The number of rotatable bonds is 3. The lowest BCUT2D eigenvalue weighted by atomic mass is 9.47. The van der Waals surface area contributed by atoms with Crippen molar-refractivity contribution < 1.29 is 14.6 Å². The molecule has 4 rings (SSSR count). The lowest BCUT2D eigenvalue weighted by Crippen LogP contribution is -2.53. The number of aliphatic hydroxyl groups is 1. The van der Waals surface area contributed by atoms with Gasteiger partial charge in [0.2, 0.25) is 0 Å². The van der Waals surface area contributed by atoms with Gasteiger partial charge < -0.3 is 14.6 Å². The summed E-state index contributed by atoms with van der Waals surface area (Å²) in [5.74, 6) is 2.25. The Balaban J connectivity index is 1.57. The third kappa shape index (κ3) is 2.56. The zero-order valence-corrected chi connectivity index (χ0v) is 16.5. The van der Waals surface area contributed by atoms with Crippen LogP contribution >= 0.6 is 0 Å². The summed E-state index contributed by atoms with van der Waals surface area (Å²) in [5.41, 5.74) is 1.65. The molecule has 0 aromatic heterocycles. The molecule has 0 aliphatic heterocycles. The van der Waals surface area contributed by atoms with Crippen LogP contribution in [0.3, 0.4) is 0 Å². The Hall–Kier alpha value is -0.380. The molecular formula is C22H36O3. The number of hydrogen-bond donors (Lipinski definition) is 1. The van der Waals surface area contributed by atoms with Crippen LogP contribution in [-0.2, 0) is 9.47 Å². The first-order valence-electron chi connectivity index (χ1n) is 10.3. The summed E-state index contributed by atoms with van der Waals surface area (Å²) in [6.45, 7) is 7.41. The van der Waals surface area contributed by atoms with E-state index in [1.54, 1.807) is 12.7 Å². The molecule has 3 saturated carbocycles. The number of fused-ring (bicyclic) bond motifs is 5. The third-order valence-electron chi connectivity index (χ3n) is 9.04. The molecule has 0 bridgehead atoms. The van der Waals surface area contributed by atoms with E-state index in [1.165, 1.54) is 32.1 Å². The number of methoxy groups -OCH3 is 1. The second-order valence-corrected chi connectivity index (χ2v) is 9.97. The Morgan fingerprint density at radius 3 is 2.60 bits per heavy atom. The van der Waals surface area contributed by atoms with Crippen LogP contribution in [0.2, 0.25) is 0 Å². The van der Waals surface area contributed by atoms with Crippen LogP contribution in [0.1, 0.15) is 72.1 Å². The normalized spacial score (nSPS) is 52.1. The summed E-state index contributed by atoms with van der Waals surface area (Å²) in [6, 6.07) is 0. The van der Waals surface area contributed by atoms with Gasteiger partial charge in [0.05, 0.1) is 11.7 Å². The molecule has 3 heteroatoms. The van der Waals surface area contributed by atoms with E-state index >= 15 is 0 Å². The van der Waals surface area contributed by atoms with Crippen molar-refractivity contribution in [3.05, 3.63) is 11.6 Å². The molecule has 0 saturated heterocycles. The highest BCUT2D eigenvalue weighted by Gasteiger charge is 2.62. The van der Waals surface area contributed by atoms with Crippen LogP contribution in [-0.4, -0.2) is 30.7 Å². The summed E-state index contributed by atoms with van der Waals surface area (Å²) in [6.07, 6.45) is 12.3. The van der Waals surface area contributed by atoms with Crippen molar-refractivity contribution in [2.24, 2.45) is 28.6 Å². The van der Waals surface area contributed by atoms with Crippen LogP contribution in [0.25, 0.3) is 0 Å². The Kier molecular flexibility index (Phi) is 4.37. The predicted octanol–water partition coefficient (Wildman–Crippen LogP) is 4.69. The molecule has 4 aliphatic carbocycles. The summed E-state index contributed by atoms with van der Waals surface area (Å²) in [4.78, 5) is 0. The third-order valence-corrected chi connectivity index (χ3v) is 9.04. The highest BCUT2D eigenvalue weighted by molar-refractivity contribution is 5.26. The van der Waals surface area contributed by atoms with Crippen molar-refractivity contribution in [2.45, 2.75) is 83.8 Å². The molecule has 1 N–H and O–H groups in total. The van der Waals surface area contributed by atoms with E-state index in [2.05, 4.69) is 26.8 Å². The van der Waals surface area contributed by atoms with Crippen molar-refractivity contribution in [3.63, 3.8) is 0 Å². The minimum absolute atomic E-state index is 0.120. The Morgan fingerprint density at radius 1 is 1.08 bits per heavy atom. The highest BCUT2D eigenvalue weighted by atomic mass is 16.7. The van der Waals surface area contributed by atoms with Gasteiger partial charge in [0.25, 0.3) is 0 Å². The lowest BCUT2D eigenvalue weighted by Gasteiger charge is -2.58. The smallest absolute Gasteiger partial charge is 0.146 e. The van der Waals surface area contributed by atoms with Gasteiger partial charge in [0.1, 0.15) is 6.79 Å². The molecule has 142 valence electrons. The molecule has 25 heavy (non-hydrogen) atoms. The zero-order chi connectivity index (χ0) is 17.9. The summed E-state index contributed by atoms with van der Waals surface area (Å²) < 4.78 is 11.0. The molecule has 0 amide bonds. The number of hydrogen-bond acceptors (Lipinski definition) is 3. The highest BCUT2D eigenvalue weighted by Crippen LogP contribution is 2.67. The largest absolute Gasteiger partial charge is 0.390 e. The first-order chi connectivity index (χ1) is 11.8. The van der Waals surface area contributed by atoms with E-state index in [4.69, 9.17) is 9.47 Å². The van der Waals surface area contributed by atoms with Gasteiger partial charge in [0, 0.05) is 7.11 Å². The van der Waals surface area contributed by atoms with Gasteiger partial charge in [-0.05, 0) is 86.9 Å². The topological polar surface area (TPSA) is 38.7 Å². The quantitative estimate of drug-likeness (QED) is 0.594. The number of allylic oxidation sites excluding steroid dienone is 1. The Labute approximate surface area is 153 Å². The summed E-state index contributed by atoms with van der Waals surface area (Å²) >= 11 is 0. The van der Waals surface area contributed by atoms with Crippen molar-refractivity contribution >= 4 is 0 Å². The second-order valence-electron chi connectivity index (χ2n) is 9.97. The molecule has 0 spiro atoms. The van der Waals surface area contributed by atoms with E-state index in [-0.39, 0.29) is 5.41 Å². The fourth-order valence-electron chi connectivity index (χ4n) is 7.18. The Bertz CT molecular complexity index is 553. The predicted molar refractivity (Wildman–Crippen MR) is 99.1 cm³/mol. The fourth-order valence-corrected chi connectivity index (χ4v) is 7.18. The van der Waals surface area contributed by atoms with Gasteiger partial charge in [-0.15, -0.1) is 0 Å². The van der Waals surface area contributed by atoms with E-state index in [0.29, 0.717) is 24.2 Å². The molecular weight excluding hydrogens is 312 g/mol. The molecule has 0 aromatic carbocycles. The summed E-state index contributed by atoms with van der Waals surface area (Å²) in [7, 11) is 1.70. The molecule has 2 unspecified atom stereocenters. The SMILES string of the molecule is COCOC1CC[C@@]2(C)C(=CC[C@@H]3[C@H]2CC[C@@]2(C)[C@H]3CCC2(C)O)C1. The fraction of sp³-hybridized carbons (Fsp3) is 0.909. The lowest BCUT2D eigenvalue weighted by molar-refractivity contribution is -0.122. The molecule has 3 nitrogen and oxygen atoms in total. The Morgan fingerprint density at radius 2 is 1.84 bits per heavy atom. The standard InChI is InChI=1S/C22H36O3/c1-20-10-7-16(25-14-24-4)13-15(20)5-6-17-18(20)8-11-21(2)19(17)9-12-22(21,3)23/h5,16-19,23H,6-14H2,1-4H3/t16?,17-,18-,19+,20+,21+,22?/m1/s1. The van der Waals surface area contributed by atoms with Crippen molar-refractivity contribution in [2.75, 3.05) is 13.9 Å². The minimum Gasteiger partial charge on any atom is -0.390 e. The van der Waals surface area contributed by atoms with Crippen LogP contribution in [0.15, 0.2) is 11.6 Å². The molecule has 0 radical (unpaired) electrons. The average molecular weight is 349 g/mol. The maximum absolute atomic E-state index is 11.0. The van der Waals surface area contributed by atoms with Crippen molar-refractivity contribution in [1.29, 1.82) is 0 Å². The second kappa shape index (κ2) is 6.07. The molecule has 3 fully saturated rings. The van der Waals surface area contributed by atoms with Crippen molar-refractivity contribution in [3.8, 4) is 0 Å². The van der Waals surface area contributed by atoms with Crippen LogP contribution in [0.4, 0.5) is 0 Å². The van der Waals surface area contributed by atoms with Crippen LogP contribution < -0.4 is 0 Å². The molecule has 0 heterocycles. The maximum atomic E-state index is 11.0. The van der Waals surface area contributed by atoms with E-state index < -0.39 is 5.60 Å². The van der Waals surface area contributed by atoms with Gasteiger partial charge in [-0.25, -0.2) is 0 Å². The van der Waals surface area contributed by atoms with Gasteiger partial charge in [0.15, 0.2) is 0 Å². The van der Waals surface area contributed by atoms with E-state index in [9.17, 15) is 5.11 Å². The molecule has 0 aromatic rings. The van der Waals surface area contributed by atoms with Crippen LogP contribution in [0, 0.1) is 28.6 Å². The number of ether oxygens (including phenoxy) is 2. The van der Waals surface area contributed by atoms with Crippen LogP contribution in [0.5, 0.6) is 0 Å². The first kappa shape index (κ1) is 18.0. The summed E-state index contributed by atoms with van der Waals surface area (Å²) in [5, 5.41) is 11.0. The monoisotopic (exact) mass is 348 g/mol. The minimum atomic E-state index is -0.473. The molecule has 7 atom stereocenters. The van der Waals surface area contributed by atoms with Gasteiger partial charge in [-0.1, -0.05) is 25.5 Å². The zero-order valence-electron chi connectivity index (χ0n) is 16.5. The van der Waals surface area contributed by atoms with Gasteiger partial charge in [-0.2, -0.15) is 0 Å². The van der Waals surface area contributed by atoms with E-state index in [0.717, 1.165) is 31.1 Å². The molecule has 4 aliphatic rings.